The lowest BCUT2D eigenvalue weighted by Gasteiger charge is -2.46. The minimum atomic E-state index is -2.19. The Hall–Kier alpha value is -2.88. The van der Waals surface area contributed by atoms with E-state index in [1.54, 1.807) is 24.3 Å². The summed E-state index contributed by atoms with van der Waals surface area (Å²) in [4.78, 5) is 25.1. The normalized spacial score (nSPS) is 39.9. The number of methoxy groups -OCH3 is 1. The van der Waals surface area contributed by atoms with Gasteiger partial charge in [0.15, 0.2) is 6.29 Å². The van der Waals surface area contributed by atoms with E-state index >= 15 is 0 Å². The highest BCUT2D eigenvalue weighted by Crippen LogP contribution is 2.53. The molecular weight excluding hydrogens is 520 g/mol. The second-order valence-electron chi connectivity index (χ2n) is 9.86. The van der Waals surface area contributed by atoms with E-state index in [1.807, 2.05) is 6.07 Å². The molecule has 2 heterocycles. The van der Waals surface area contributed by atoms with Crippen LogP contribution in [0, 0.1) is 5.92 Å². The van der Waals surface area contributed by atoms with Gasteiger partial charge in [0.2, 0.25) is 6.29 Å². The second-order valence-corrected chi connectivity index (χ2v) is 9.86. The van der Waals surface area contributed by atoms with Crippen molar-refractivity contribution >= 4 is 18.0 Å². The van der Waals surface area contributed by atoms with E-state index < -0.39 is 85.2 Å². The molecule has 0 bridgehead atoms. The van der Waals surface area contributed by atoms with Gasteiger partial charge in [-0.1, -0.05) is 30.3 Å². The van der Waals surface area contributed by atoms with Crippen LogP contribution < -0.4 is 0 Å². The Labute approximate surface area is 223 Å². The first-order valence-corrected chi connectivity index (χ1v) is 12.2. The van der Waals surface area contributed by atoms with Gasteiger partial charge in [-0.15, -0.1) is 0 Å². The molecular formula is C26H32O13. The number of hydrogen-bond acceptors (Lipinski definition) is 13. The number of carbonyl (C=O) groups is 2. The first-order valence-electron chi connectivity index (χ1n) is 12.2. The van der Waals surface area contributed by atoms with Crippen LogP contribution in [-0.2, 0) is 33.3 Å². The van der Waals surface area contributed by atoms with E-state index in [-0.39, 0.29) is 5.57 Å². The molecule has 1 unspecified atom stereocenters. The van der Waals surface area contributed by atoms with Crippen molar-refractivity contribution < 1.29 is 63.9 Å². The summed E-state index contributed by atoms with van der Waals surface area (Å²) in [6.07, 6.45) is -8.13. The lowest BCUT2D eigenvalue weighted by atomic mass is 9.77. The molecule has 0 spiro atoms. The van der Waals surface area contributed by atoms with Gasteiger partial charge in [-0.3, -0.25) is 0 Å². The minimum Gasteiger partial charge on any atom is -0.471 e. The molecule has 1 saturated carbocycles. The average molecular weight is 553 g/mol. The molecule has 1 aromatic carbocycles. The standard InChI is InChI=1S/C26H32O13/c1-25(33)16(38-17(28)9-8-13-6-4-3-5-7-13)10-26(34)14(22(32)35-2)12-36-24(21(25)26)39-23-20(31)19(30)18(29)15(11-27)37-23/h3-9,12,15-16,18-21,23-24,27,29-31,33-34H,10-11H2,1-2H3/b9-8+/t15-,16+,18-,19+,20-,21-,23+,24?,25+,26+/m0/s1. The molecule has 6 N–H and O–H groups in total. The molecule has 39 heavy (non-hydrogen) atoms. The summed E-state index contributed by atoms with van der Waals surface area (Å²) >= 11 is 0. The maximum absolute atomic E-state index is 12.6. The van der Waals surface area contributed by atoms with E-state index in [2.05, 4.69) is 0 Å². The van der Waals surface area contributed by atoms with Crippen LogP contribution in [-0.4, -0.2) is 111 Å². The molecule has 1 aliphatic carbocycles. The molecule has 2 fully saturated rings. The van der Waals surface area contributed by atoms with Gasteiger partial charge in [-0.05, 0) is 18.6 Å². The Morgan fingerprint density at radius 3 is 2.41 bits per heavy atom. The third-order valence-corrected chi connectivity index (χ3v) is 7.34. The molecule has 214 valence electrons. The van der Waals surface area contributed by atoms with E-state index in [1.165, 1.54) is 13.0 Å². The number of rotatable bonds is 7. The zero-order valence-corrected chi connectivity index (χ0v) is 21.2. The number of hydrogen-bond donors (Lipinski definition) is 6. The van der Waals surface area contributed by atoms with Crippen LogP contribution in [0.15, 0.2) is 48.2 Å². The quantitative estimate of drug-likeness (QED) is 0.166. The highest BCUT2D eigenvalue weighted by Gasteiger charge is 2.69. The summed E-state index contributed by atoms with van der Waals surface area (Å²) in [5, 5.41) is 63.3. The highest BCUT2D eigenvalue weighted by atomic mass is 16.8. The summed E-state index contributed by atoms with van der Waals surface area (Å²) < 4.78 is 26.8. The van der Waals surface area contributed by atoms with Gasteiger partial charge < -0.3 is 54.3 Å². The van der Waals surface area contributed by atoms with Crippen LogP contribution in [0.5, 0.6) is 0 Å². The van der Waals surface area contributed by atoms with E-state index in [0.717, 1.165) is 25.0 Å². The Bertz CT molecular complexity index is 1100. The van der Waals surface area contributed by atoms with Gasteiger partial charge in [-0.2, -0.15) is 0 Å². The van der Waals surface area contributed by atoms with Crippen LogP contribution in [0.4, 0.5) is 0 Å². The van der Waals surface area contributed by atoms with Gasteiger partial charge in [-0.25, -0.2) is 9.59 Å². The molecule has 0 amide bonds. The Balaban J connectivity index is 1.61. The van der Waals surface area contributed by atoms with Crippen molar-refractivity contribution in [1.82, 2.24) is 0 Å². The molecule has 0 aromatic heterocycles. The molecule has 2 aliphatic heterocycles. The smallest absolute Gasteiger partial charge is 0.339 e. The molecule has 3 aliphatic rings. The fraction of sp³-hybridized carbons (Fsp3) is 0.538. The summed E-state index contributed by atoms with van der Waals surface area (Å²) in [6.45, 7) is 0.532. The molecule has 1 aromatic rings. The Kier molecular flexibility index (Phi) is 8.44. The molecule has 13 nitrogen and oxygen atoms in total. The maximum Gasteiger partial charge on any atom is 0.339 e. The largest absolute Gasteiger partial charge is 0.471 e. The zero-order chi connectivity index (χ0) is 28.5. The van der Waals surface area contributed by atoms with Crippen molar-refractivity contribution in [2.24, 2.45) is 5.92 Å². The van der Waals surface area contributed by atoms with Gasteiger partial charge >= 0.3 is 11.9 Å². The van der Waals surface area contributed by atoms with Gasteiger partial charge in [0.05, 0.1) is 25.9 Å². The summed E-state index contributed by atoms with van der Waals surface area (Å²) in [5.41, 5.74) is -3.92. The van der Waals surface area contributed by atoms with E-state index in [0.29, 0.717) is 0 Å². The lowest BCUT2D eigenvalue weighted by molar-refractivity contribution is -0.352. The van der Waals surface area contributed by atoms with Gasteiger partial charge in [0.1, 0.15) is 47.3 Å². The predicted octanol–water partition coefficient (Wildman–Crippen LogP) is -1.66. The van der Waals surface area contributed by atoms with Crippen molar-refractivity contribution in [3.8, 4) is 0 Å². The van der Waals surface area contributed by atoms with Crippen molar-refractivity contribution in [3.05, 3.63) is 53.8 Å². The number of esters is 2. The number of aliphatic hydroxyl groups is 6. The van der Waals surface area contributed by atoms with Crippen LogP contribution in [0.25, 0.3) is 6.08 Å². The van der Waals surface area contributed by atoms with Crippen molar-refractivity contribution in [1.29, 1.82) is 0 Å². The number of fused-ring (bicyclic) bond motifs is 1. The maximum atomic E-state index is 12.6. The molecule has 4 rings (SSSR count). The Morgan fingerprint density at radius 2 is 1.77 bits per heavy atom. The predicted molar refractivity (Wildman–Crippen MR) is 129 cm³/mol. The molecule has 10 atom stereocenters. The summed E-state index contributed by atoms with van der Waals surface area (Å²) in [7, 11) is 1.08. The zero-order valence-electron chi connectivity index (χ0n) is 21.2. The number of benzene rings is 1. The van der Waals surface area contributed by atoms with E-state index in [9.17, 15) is 40.2 Å². The Morgan fingerprint density at radius 1 is 1.08 bits per heavy atom. The van der Waals surface area contributed by atoms with Crippen LogP contribution in [0.2, 0.25) is 0 Å². The summed E-state index contributed by atoms with van der Waals surface area (Å²) in [6, 6.07) is 8.90. The van der Waals surface area contributed by atoms with Crippen LogP contribution in [0.3, 0.4) is 0 Å². The number of ether oxygens (including phenoxy) is 5. The fourth-order valence-corrected chi connectivity index (χ4v) is 5.22. The fourth-order valence-electron chi connectivity index (χ4n) is 5.22. The van der Waals surface area contributed by atoms with Gasteiger partial charge in [0.25, 0.3) is 0 Å². The van der Waals surface area contributed by atoms with Crippen LogP contribution in [0.1, 0.15) is 18.9 Å². The highest BCUT2D eigenvalue weighted by molar-refractivity contribution is 5.91. The van der Waals surface area contributed by atoms with Crippen molar-refractivity contribution in [3.63, 3.8) is 0 Å². The van der Waals surface area contributed by atoms with E-state index in [4.69, 9.17) is 23.7 Å². The molecule has 1 saturated heterocycles. The monoisotopic (exact) mass is 552 g/mol. The molecule has 13 heteroatoms. The average Bonchev–Trinajstić information content (AvgIpc) is 3.12. The van der Waals surface area contributed by atoms with Gasteiger partial charge in [0, 0.05) is 12.5 Å². The first kappa shape index (κ1) is 29.1. The third-order valence-electron chi connectivity index (χ3n) is 7.34. The van der Waals surface area contributed by atoms with Crippen molar-refractivity contribution in [2.45, 2.75) is 67.6 Å². The lowest BCUT2D eigenvalue weighted by Crippen LogP contribution is -2.62. The summed E-state index contributed by atoms with van der Waals surface area (Å²) in [5.74, 6) is -3.31. The third kappa shape index (κ3) is 5.44. The first-order chi connectivity index (χ1) is 18.4. The topological polar surface area (TPSA) is 202 Å². The minimum absolute atomic E-state index is 0.373. The number of aliphatic hydroxyl groups excluding tert-OH is 4. The second kappa shape index (κ2) is 11.3. The molecule has 0 radical (unpaired) electrons. The SMILES string of the molecule is COC(=O)C1=COC(O[C@H]2O[C@@H](CO)[C@H](O)[C@@H](O)[C@@H]2O)[C@H]2[C@](C)(O)[C@H](OC(=O)/C=C/c3ccccc3)C[C@@]12O. The van der Waals surface area contributed by atoms with Crippen LogP contribution >= 0.6 is 0 Å². The van der Waals surface area contributed by atoms with Crippen molar-refractivity contribution in [2.75, 3.05) is 13.7 Å². The number of carbonyl (C=O) groups excluding carboxylic acids is 2.